The van der Waals surface area contributed by atoms with E-state index in [1.54, 1.807) is 0 Å². The predicted octanol–water partition coefficient (Wildman–Crippen LogP) is 2.74. The molecule has 0 saturated heterocycles. The number of alkyl halides is 1. The summed E-state index contributed by atoms with van der Waals surface area (Å²) in [5.41, 5.74) is 0.820. The third kappa shape index (κ3) is 4.00. The van der Waals surface area contributed by atoms with Crippen LogP contribution in [0.1, 0.15) is 12.1 Å². The van der Waals surface area contributed by atoms with E-state index >= 15 is 0 Å². The fraction of sp³-hybridized carbons (Fsp3) is 0.333. The number of nitrogens with zero attached hydrogens (tertiary/aromatic N) is 1. The minimum atomic E-state index is 0.211. The number of carbonyl (C=O) groups is 1. The Balaban J connectivity index is 2.58. The Morgan fingerprint density at radius 1 is 1.46 bits per heavy atom. The summed E-state index contributed by atoms with van der Waals surface area (Å²) in [6, 6.07) is 5.59. The minimum absolute atomic E-state index is 0.211. The van der Waals surface area contributed by atoms with Gasteiger partial charge in [-0.3, -0.25) is 4.79 Å². The van der Waals surface area contributed by atoms with E-state index in [4.69, 9.17) is 0 Å². The molecule has 0 atom stereocenters. The molecule has 0 aliphatic carbocycles. The summed E-state index contributed by atoms with van der Waals surface area (Å²) >= 11 is 6.49. The first-order chi connectivity index (χ1) is 6.22. The molecule has 0 saturated carbocycles. The molecule has 0 aromatic carbocycles. The molecule has 0 fully saturated rings. The number of pyridine rings is 1. The van der Waals surface area contributed by atoms with Gasteiger partial charge in [-0.2, -0.15) is 0 Å². The lowest BCUT2D eigenvalue weighted by molar-refractivity contribution is -0.118. The van der Waals surface area contributed by atoms with Crippen molar-refractivity contribution in [3.8, 4) is 0 Å². The second kappa shape index (κ2) is 5.50. The molecule has 0 radical (unpaired) electrons. The Labute approximate surface area is 94.0 Å². The number of hydrogen-bond donors (Lipinski definition) is 0. The van der Waals surface area contributed by atoms with Crippen LogP contribution in [0.15, 0.2) is 22.8 Å². The van der Waals surface area contributed by atoms with Gasteiger partial charge in [0.1, 0.15) is 10.4 Å². The number of halogens is 2. The Bertz CT molecular complexity index is 301. The normalized spacial score (nSPS) is 10.0. The lowest BCUT2D eigenvalue weighted by Crippen LogP contribution is -2.04. The van der Waals surface area contributed by atoms with E-state index < -0.39 is 0 Å². The van der Waals surface area contributed by atoms with E-state index in [2.05, 4.69) is 36.8 Å². The molecule has 4 heteroatoms. The molecule has 0 aliphatic rings. The lowest BCUT2D eigenvalue weighted by atomic mass is 10.2. The zero-order valence-electron chi connectivity index (χ0n) is 6.96. The van der Waals surface area contributed by atoms with Crippen molar-refractivity contribution in [2.75, 3.05) is 5.33 Å². The highest BCUT2D eigenvalue weighted by molar-refractivity contribution is 9.10. The summed E-state index contributed by atoms with van der Waals surface area (Å²) in [5.74, 6) is 0.211. The first-order valence-corrected chi connectivity index (χ1v) is 5.83. The number of carbonyl (C=O) groups excluding carboxylic acids is 1. The summed E-state index contributed by atoms with van der Waals surface area (Å²) in [5, 5.41) is 0.722. The quantitative estimate of drug-likeness (QED) is 0.632. The topological polar surface area (TPSA) is 30.0 Å². The number of rotatable bonds is 4. The fourth-order valence-corrected chi connectivity index (χ4v) is 1.77. The van der Waals surface area contributed by atoms with Gasteiger partial charge in [0.25, 0.3) is 0 Å². The van der Waals surface area contributed by atoms with Crippen LogP contribution in [0.3, 0.4) is 0 Å². The Hall–Kier alpha value is -0.220. The molecule has 13 heavy (non-hydrogen) atoms. The van der Waals surface area contributed by atoms with Gasteiger partial charge in [-0.15, -0.1) is 0 Å². The van der Waals surface area contributed by atoms with E-state index in [-0.39, 0.29) is 5.78 Å². The molecule has 0 aliphatic heterocycles. The number of aromatic nitrogens is 1. The number of ketones is 1. The molecule has 1 rings (SSSR count). The lowest BCUT2D eigenvalue weighted by Gasteiger charge is -1.98. The van der Waals surface area contributed by atoms with Crippen LogP contribution in [0, 0.1) is 0 Å². The summed E-state index contributed by atoms with van der Waals surface area (Å²) in [6.45, 7) is 0. The maximum absolute atomic E-state index is 11.2. The second-order valence-corrected chi connectivity index (χ2v) is 4.21. The van der Waals surface area contributed by atoms with Gasteiger partial charge in [0.15, 0.2) is 0 Å². The highest BCUT2D eigenvalue weighted by Gasteiger charge is 2.03. The first kappa shape index (κ1) is 10.9. The fourth-order valence-electron chi connectivity index (χ4n) is 0.945. The molecule has 2 nitrogen and oxygen atoms in total. The number of Topliss-reactive ketones (excluding diaryl/α,β-unsaturated/α-hetero) is 1. The van der Waals surface area contributed by atoms with Gasteiger partial charge in [-0.25, -0.2) is 4.98 Å². The average molecular weight is 307 g/mol. The highest BCUT2D eigenvalue weighted by Crippen LogP contribution is 2.07. The zero-order chi connectivity index (χ0) is 9.68. The van der Waals surface area contributed by atoms with Gasteiger partial charge < -0.3 is 0 Å². The maximum Gasteiger partial charge on any atom is 0.139 e. The smallest absolute Gasteiger partial charge is 0.139 e. The van der Waals surface area contributed by atoms with Crippen LogP contribution >= 0.6 is 31.9 Å². The molecule has 0 amide bonds. The van der Waals surface area contributed by atoms with Crippen molar-refractivity contribution in [3.63, 3.8) is 0 Å². The summed E-state index contributed by atoms with van der Waals surface area (Å²) in [4.78, 5) is 15.4. The standard InChI is InChI=1S/C9H9Br2NO/c10-5-4-8(13)6-7-2-1-3-9(11)12-7/h1-3H,4-6H2. The first-order valence-electron chi connectivity index (χ1n) is 3.91. The third-order valence-electron chi connectivity index (χ3n) is 1.52. The summed E-state index contributed by atoms with van der Waals surface area (Å²) in [6.07, 6.45) is 0.985. The Morgan fingerprint density at radius 3 is 2.85 bits per heavy atom. The largest absolute Gasteiger partial charge is 0.299 e. The highest BCUT2D eigenvalue weighted by atomic mass is 79.9. The van der Waals surface area contributed by atoms with Crippen LogP contribution in [0.4, 0.5) is 0 Å². The van der Waals surface area contributed by atoms with Crippen LogP contribution < -0.4 is 0 Å². The molecular weight excluding hydrogens is 298 g/mol. The van der Waals surface area contributed by atoms with Gasteiger partial charge in [-0.05, 0) is 28.1 Å². The molecule has 70 valence electrons. The monoisotopic (exact) mass is 305 g/mol. The van der Waals surface area contributed by atoms with Gasteiger partial charge in [0, 0.05) is 23.9 Å². The van der Waals surface area contributed by atoms with Crippen molar-refractivity contribution < 1.29 is 4.79 Å². The van der Waals surface area contributed by atoms with Crippen molar-refractivity contribution in [2.24, 2.45) is 0 Å². The van der Waals surface area contributed by atoms with E-state index in [1.807, 2.05) is 18.2 Å². The van der Waals surface area contributed by atoms with Crippen molar-refractivity contribution >= 4 is 37.6 Å². The Kier molecular flexibility index (Phi) is 4.59. The van der Waals surface area contributed by atoms with E-state index in [0.29, 0.717) is 12.8 Å². The summed E-state index contributed by atoms with van der Waals surface area (Å²) < 4.78 is 0.775. The molecule has 0 spiro atoms. The second-order valence-electron chi connectivity index (χ2n) is 2.61. The van der Waals surface area contributed by atoms with E-state index in [9.17, 15) is 4.79 Å². The summed E-state index contributed by atoms with van der Waals surface area (Å²) in [7, 11) is 0. The average Bonchev–Trinajstić information content (AvgIpc) is 2.04. The van der Waals surface area contributed by atoms with Gasteiger partial charge in [-0.1, -0.05) is 22.0 Å². The van der Waals surface area contributed by atoms with E-state index in [1.165, 1.54) is 0 Å². The molecule has 1 aromatic heterocycles. The molecule has 0 N–H and O–H groups in total. The zero-order valence-corrected chi connectivity index (χ0v) is 10.1. The van der Waals surface area contributed by atoms with Crippen LogP contribution in [-0.4, -0.2) is 16.1 Å². The van der Waals surface area contributed by atoms with Gasteiger partial charge >= 0.3 is 0 Å². The van der Waals surface area contributed by atoms with Gasteiger partial charge in [0.2, 0.25) is 0 Å². The molecular formula is C9H9Br2NO. The van der Waals surface area contributed by atoms with Crippen LogP contribution in [0.5, 0.6) is 0 Å². The molecule has 0 unspecified atom stereocenters. The molecule has 0 bridgehead atoms. The predicted molar refractivity (Wildman–Crippen MR) is 59.1 cm³/mol. The van der Waals surface area contributed by atoms with Crippen LogP contribution in [0.2, 0.25) is 0 Å². The van der Waals surface area contributed by atoms with Crippen molar-refractivity contribution in [1.82, 2.24) is 4.98 Å². The van der Waals surface area contributed by atoms with Crippen molar-refractivity contribution in [3.05, 3.63) is 28.5 Å². The Morgan fingerprint density at radius 2 is 2.23 bits per heavy atom. The van der Waals surface area contributed by atoms with Crippen molar-refractivity contribution in [1.29, 1.82) is 0 Å². The van der Waals surface area contributed by atoms with Crippen LogP contribution in [0.25, 0.3) is 0 Å². The molecule has 1 heterocycles. The maximum atomic E-state index is 11.2. The van der Waals surface area contributed by atoms with E-state index in [0.717, 1.165) is 15.6 Å². The van der Waals surface area contributed by atoms with Crippen LogP contribution in [-0.2, 0) is 11.2 Å². The minimum Gasteiger partial charge on any atom is -0.299 e. The molecule has 1 aromatic rings. The van der Waals surface area contributed by atoms with Crippen molar-refractivity contribution in [2.45, 2.75) is 12.8 Å². The third-order valence-corrected chi connectivity index (χ3v) is 2.36. The SMILES string of the molecule is O=C(CCBr)Cc1cccc(Br)n1. The van der Waals surface area contributed by atoms with Gasteiger partial charge in [0.05, 0.1) is 0 Å². The number of hydrogen-bond acceptors (Lipinski definition) is 2.